The van der Waals surface area contributed by atoms with E-state index in [0.29, 0.717) is 11.2 Å². The predicted molar refractivity (Wildman–Crippen MR) is 69.9 cm³/mol. The van der Waals surface area contributed by atoms with E-state index in [2.05, 4.69) is 16.3 Å². The summed E-state index contributed by atoms with van der Waals surface area (Å²) in [6.07, 6.45) is 6.19. The molecule has 1 aromatic heterocycles. The summed E-state index contributed by atoms with van der Waals surface area (Å²) in [4.78, 5) is 4.52. The van der Waals surface area contributed by atoms with Crippen molar-refractivity contribution in [3.63, 3.8) is 0 Å². The Hall–Kier alpha value is -0.130. The Morgan fingerprint density at radius 2 is 2.25 bits per heavy atom. The lowest BCUT2D eigenvalue weighted by atomic mass is 9.89. The molecule has 0 radical (unpaired) electrons. The third-order valence-electron chi connectivity index (χ3n) is 3.16. The summed E-state index contributed by atoms with van der Waals surface area (Å²) in [6.45, 7) is 2.91. The fraction of sp³-hybridized carbons (Fsp3) is 0.818. The highest BCUT2D eigenvalue weighted by atomic mass is 32.2. The molecule has 1 aliphatic carbocycles. The van der Waals surface area contributed by atoms with E-state index in [1.54, 1.807) is 11.5 Å². The molecule has 0 bridgehead atoms. The minimum absolute atomic E-state index is 0.663. The standard InChI is InChI=1S/C11H19N3S2/c1-2-10-13-11(16-14-10)15-9-6-4-3-5-8(9)7-12/h8-9H,2-7,12H2,1H3. The predicted octanol–water partition coefficient (Wildman–Crippen LogP) is 2.71. The van der Waals surface area contributed by atoms with Gasteiger partial charge in [-0.1, -0.05) is 31.5 Å². The number of hydrogen-bond donors (Lipinski definition) is 1. The molecule has 1 aliphatic rings. The Kier molecular flexibility index (Phi) is 4.61. The van der Waals surface area contributed by atoms with Crippen molar-refractivity contribution in [2.45, 2.75) is 48.6 Å². The molecular formula is C11H19N3S2. The largest absolute Gasteiger partial charge is 0.330 e. The molecule has 1 saturated carbocycles. The Balaban J connectivity index is 1.96. The zero-order valence-electron chi connectivity index (χ0n) is 9.69. The highest BCUT2D eigenvalue weighted by molar-refractivity contribution is 8.01. The normalized spacial score (nSPS) is 25.9. The van der Waals surface area contributed by atoms with Gasteiger partial charge < -0.3 is 5.73 Å². The summed E-state index contributed by atoms with van der Waals surface area (Å²) < 4.78 is 5.46. The van der Waals surface area contributed by atoms with Crippen LogP contribution in [0.25, 0.3) is 0 Å². The zero-order valence-corrected chi connectivity index (χ0v) is 11.3. The lowest BCUT2D eigenvalue weighted by Gasteiger charge is -2.29. The highest BCUT2D eigenvalue weighted by Crippen LogP contribution is 2.37. The van der Waals surface area contributed by atoms with Crippen LogP contribution in [0.4, 0.5) is 0 Å². The summed E-state index contributed by atoms with van der Waals surface area (Å²) in [5.41, 5.74) is 5.83. The summed E-state index contributed by atoms with van der Waals surface area (Å²) in [6, 6.07) is 0. The minimum atomic E-state index is 0.663. The van der Waals surface area contributed by atoms with Crippen LogP contribution in [0.1, 0.15) is 38.4 Å². The molecule has 2 unspecified atom stereocenters. The second-order valence-corrected chi connectivity index (χ2v) is 6.50. The van der Waals surface area contributed by atoms with Crippen molar-refractivity contribution >= 4 is 23.3 Å². The van der Waals surface area contributed by atoms with E-state index in [0.717, 1.165) is 23.1 Å². The van der Waals surface area contributed by atoms with E-state index in [9.17, 15) is 0 Å². The fourth-order valence-corrected chi connectivity index (χ4v) is 4.45. The van der Waals surface area contributed by atoms with E-state index in [4.69, 9.17) is 5.73 Å². The van der Waals surface area contributed by atoms with Gasteiger partial charge in [0.05, 0.1) is 0 Å². The van der Waals surface area contributed by atoms with Crippen LogP contribution < -0.4 is 5.73 Å². The maximum atomic E-state index is 5.83. The zero-order chi connectivity index (χ0) is 11.4. The summed E-state index contributed by atoms with van der Waals surface area (Å²) in [5, 5.41) is 0.663. The molecule has 2 rings (SSSR count). The topological polar surface area (TPSA) is 51.8 Å². The molecule has 0 aliphatic heterocycles. The first-order valence-electron chi connectivity index (χ1n) is 6.02. The Bertz CT molecular complexity index is 327. The van der Waals surface area contributed by atoms with Gasteiger partial charge >= 0.3 is 0 Å². The van der Waals surface area contributed by atoms with E-state index in [1.807, 2.05) is 11.8 Å². The molecule has 2 N–H and O–H groups in total. The van der Waals surface area contributed by atoms with Crippen LogP contribution in [-0.4, -0.2) is 21.2 Å². The van der Waals surface area contributed by atoms with Gasteiger partial charge in [0, 0.05) is 11.7 Å². The number of thioether (sulfide) groups is 1. The highest BCUT2D eigenvalue weighted by Gasteiger charge is 2.25. The summed E-state index contributed by atoms with van der Waals surface area (Å²) in [5.74, 6) is 1.65. The number of rotatable bonds is 4. The SMILES string of the molecule is CCc1nsc(SC2CCCCC2CN)n1. The van der Waals surface area contributed by atoms with Crippen LogP contribution in [-0.2, 0) is 6.42 Å². The molecule has 3 nitrogen and oxygen atoms in total. The van der Waals surface area contributed by atoms with Crippen molar-refractivity contribution in [1.82, 2.24) is 9.36 Å². The molecule has 1 heterocycles. The van der Waals surface area contributed by atoms with Crippen LogP contribution in [0.3, 0.4) is 0 Å². The average molecular weight is 257 g/mol. The number of aromatic nitrogens is 2. The maximum absolute atomic E-state index is 5.83. The molecule has 1 fully saturated rings. The lowest BCUT2D eigenvalue weighted by molar-refractivity contribution is 0.378. The van der Waals surface area contributed by atoms with Crippen LogP contribution in [0, 0.1) is 5.92 Å². The van der Waals surface area contributed by atoms with Gasteiger partial charge in [-0.2, -0.15) is 4.37 Å². The van der Waals surface area contributed by atoms with E-state index >= 15 is 0 Å². The molecule has 0 amide bonds. The van der Waals surface area contributed by atoms with Gasteiger partial charge in [0.1, 0.15) is 5.82 Å². The average Bonchev–Trinajstić information content (AvgIpc) is 2.77. The first-order chi connectivity index (χ1) is 7.83. The monoisotopic (exact) mass is 257 g/mol. The summed E-state index contributed by atoms with van der Waals surface area (Å²) in [7, 11) is 0. The van der Waals surface area contributed by atoms with E-state index in [-0.39, 0.29) is 0 Å². The first kappa shape index (κ1) is 12.3. The molecule has 16 heavy (non-hydrogen) atoms. The molecule has 90 valence electrons. The third kappa shape index (κ3) is 2.96. The van der Waals surface area contributed by atoms with Crippen molar-refractivity contribution in [1.29, 1.82) is 0 Å². The molecule has 2 atom stereocenters. The van der Waals surface area contributed by atoms with Gasteiger partial charge in [0.2, 0.25) is 0 Å². The number of hydrogen-bond acceptors (Lipinski definition) is 5. The van der Waals surface area contributed by atoms with Gasteiger partial charge in [0.15, 0.2) is 4.34 Å². The second-order valence-electron chi connectivity index (χ2n) is 4.27. The van der Waals surface area contributed by atoms with E-state index < -0.39 is 0 Å². The molecule has 5 heteroatoms. The fourth-order valence-electron chi connectivity index (χ4n) is 2.16. The summed E-state index contributed by atoms with van der Waals surface area (Å²) >= 11 is 3.44. The van der Waals surface area contributed by atoms with Crippen molar-refractivity contribution in [2.24, 2.45) is 11.7 Å². The molecule has 1 aromatic rings. The minimum Gasteiger partial charge on any atom is -0.330 e. The smallest absolute Gasteiger partial charge is 0.170 e. The van der Waals surface area contributed by atoms with Crippen LogP contribution in [0.15, 0.2) is 4.34 Å². The van der Waals surface area contributed by atoms with E-state index in [1.165, 1.54) is 25.7 Å². The first-order valence-corrected chi connectivity index (χ1v) is 7.68. The molecular weight excluding hydrogens is 238 g/mol. The number of aryl methyl sites for hydroxylation is 1. The molecule has 0 aromatic carbocycles. The second kappa shape index (κ2) is 5.98. The molecule has 0 saturated heterocycles. The van der Waals surface area contributed by atoms with Gasteiger partial charge in [-0.3, -0.25) is 0 Å². The quantitative estimate of drug-likeness (QED) is 0.901. The van der Waals surface area contributed by atoms with Crippen LogP contribution >= 0.6 is 23.3 Å². The van der Waals surface area contributed by atoms with Gasteiger partial charge in [-0.25, -0.2) is 4.98 Å². The number of nitrogens with two attached hydrogens (primary N) is 1. The Labute approximate surface area is 105 Å². The van der Waals surface area contributed by atoms with Crippen molar-refractivity contribution in [3.8, 4) is 0 Å². The van der Waals surface area contributed by atoms with Gasteiger partial charge in [-0.15, -0.1) is 0 Å². The van der Waals surface area contributed by atoms with Crippen LogP contribution in [0.5, 0.6) is 0 Å². The van der Waals surface area contributed by atoms with Crippen LogP contribution in [0.2, 0.25) is 0 Å². The Morgan fingerprint density at radius 1 is 1.44 bits per heavy atom. The van der Waals surface area contributed by atoms with Crippen molar-refractivity contribution in [3.05, 3.63) is 5.82 Å². The number of nitrogens with zero attached hydrogens (tertiary/aromatic N) is 2. The lowest BCUT2D eigenvalue weighted by Crippen LogP contribution is -2.28. The molecule has 0 spiro atoms. The third-order valence-corrected chi connectivity index (χ3v) is 5.44. The van der Waals surface area contributed by atoms with Gasteiger partial charge in [0.25, 0.3) is 0 Å². The van der Waals surface area contributed by atoms with Crippen molar-refractivity contribution in [2.75, 3.05) is 6.54 Å². The Morgan fingerprint density at radius 3 is 2.94 bits per heavy atom. The van der Waals surface area contributed by atoms with Crippen molar-refractivity contribution < 1.29 is 0 Å². The maximum Gasteiger partial charge on any atom is 0.170 e. The van der Waals surface area contributed by atoms with Gasteiger partial charge in [-0.05, 0) is 36.8 Å².